The SMILES string of the molecule is Nc1ncccc1-c1nc2ccc(-c3ccccc3)nc2n1-c1ccc(C2(N)CC2)cc1. The van der Waals surface area contributed by atoms with Gasteiger partial charge in [0.25, 0.3) is 0 Å². The molecule has 0 saturated heterocycles. The zero-order chi connectivity index (χ0) is 21.7. The molecule has 0 atom stereocenters. The number of nitrogens with zero attached hydrogens (tertiary/aromatic N) is 4. The molecule has 0 aliphatic heterocycles. The number of imidazole rings is 1. The number of hydrogen-bond donors (Lipinski definition) is 2. The summed E-state index contributed by atoms with van der Waals surface area (Å²) < 4.78 is 2.05. The highest BCUT2D eigenvalue weighted by Gasteiger charge is 2.39. The van der Waals surface area contributed by atoms with Crippen LogP contribution in [-0.2, 0) is 5.54 Å². The Balaban J connectivity index is 1.59. The summed E-state index contributed by atoms with van der Waals surface area (Å²) in [5.74, 6) is 1.15. The molecule has 156 valence electrons. The number of hydrogen-bond acceptors (Lipinski definition) is 5. The summed E-state index contributed by atoms with van der Waals surface area (Å²) in [5.41, 5.74) is 18.8. The molecule has 6 heteroatoms. The lowest BCUT2D eigenvalue weighted by Gasteiger charge is -2.13. The number of pyridine rings is 2. The molecule has 6 rings (SSSR count). The first-order valence-electron chi connectivity index (χ1n) is 10.7. The van der Waals surface area contributed by atoms with Crippen molar-refractivity contribution in [3.05, 3.63) is 90.6 Å². The fraction of sp³-hybridized carbons (Fsp3) is 0.115. The van der Waals surface area contributed by atoms with E-state index < -0.39 is 0 Å². The van der Waals surface area contributed by atoms with Gasteiger partial charge in [0.15, 0.2) is 11.5 Å². The van der Waals surface area contributed by atoms with Gasteiger partial charge in [0, 0.05) is 23.0 Å². The van der Waals surface area contributed by atoms with Crippen LogP contribution in [0.25, 0.3) is 39.5 Å². The van der Waals surface area contributed by atoms with Crippen molar-refractivity contribution >= 4 is 17.0 Å². The average molecular weight is 419 g/mol. The summed E-state index contributed by atoms with van der Waals surface area (Å²) in [6.07, 6.45) is 3.74. The Hall–Kier alpha value is -4.03. The lowest BCUT2D eigenvalue weighted by Crippen LogP contribution is -2.18. The number of aromatic nitrogens is 4. The second-order valence-electron chi connectivity index (χ2n) is 8.32. The standard InChI is InChI=1S/C26H22N6/c27-23-20(7-4-16-29-23)24-31-22-13-12-21(17-5-2-1-3-6-17)30-25(22)32(24)19-10-8-18(9-11-19)26(28)14-15-26/h1-13,16H,14-15,28H2,(H2,27,29). The molecule has 3 heterocycles. The highest BCUT2D eigenvalue weighted by Crippen LogP contribution is 2.43. The molecule has 0 spiro atoms. The number of rotatable bonds is 4. The third-order valence-corrected chi connectivity index (χ3v) is 6.14. The van der Waals surface area contributed by atoms with Gasteiger partial charge in [-0.25, -0.2) is 15.0 Å². The maximum absolute atomic E-state index is 6.40. The first-order valence-corrected chi connectivity index (χ1v) is 10.7. The monoisotopic (exact) mass is 418 g/mol. The summed E-state index contributed by atoms with van der Waals surface area (Å²) in [5, 5.41) is 0. The van der Waals surface area contributed by atoms with Crippen molar-refractivity contribution in [3.63, 3.8) is 0 Å². The van der Waals surface area contributed by atoms with E-state index in [0.717, 1.165) is 52.1 Å². The van der Waals surface area contributed by atoms with Crippen LogP contribution >= 0.6 is 0 Å². The molecule has 5 aromatic rings. The lowest BCUT2D eigenvalue weighted by molar-refractivity contribution is 0.740. The van der Waals surface area contributed by atoms with Gasteiger partial charge in [-0.05, 0) is 54.8 Å². The number of fused-ring (bicyclic) bond motifs is 1. The van der Waals surface area contributed by atoms with Gasteiger partial charge in [0.05, 0.1) is 11.3 Å². The zero-order valence-corrected chi connectivity index (χ0v) is 17.4. The second-order valence-corrected chi connectivity index (χ2v) is 8.32. The molecule has 0 bridgehead atoms. The van der Waals surface area contributed by atoms with E-state index >= 15 is 0 Å². The molecule has 32 heavy (non-hydrogen) atoms. The maximum Gasteiger partial charge on any atom is 0.165 e. The van der Waals surface area contributed by atoms with Gasteiger partial charge < -0.3 is 11.5 Å². The predicted octanol–water partition coefficient (Wildman–Crippen LogP) is 4.68. The van der Waals surface area contributed by atoms with E-state index in [9.17, 15) is 0 Å². The molecule has 0 amide bonds. The Labute approximate surface area is 185 Å². The van der Waals surface area contributed by atoms with Crippen LogP contribution in [0.3, 0.4) is 0 Å². The lowest BCUT2D eigenvalue weighted by atomic mass is 10.1. The van der Waals surface area contributed by atoms with Crippen LogP contribution in [-0.4, -0.2) is 19.5 Å². The summed E-state index contributed by atoms with van der Waals surface area (Å²) in [7, 11) is 0. The molecule has 4 N–H and O–H groups in total. The quantitative estimate of drug-likeness (QED) is 0.442. The topological polar surface area (TPSA) is 95.6 Å². The van der Waals surface area contributed by atoms with E-state index in [0.29, 0.717) is 11.6 Å². The van der Waals surface area contributed by atoms with Crippen LogP contribution in [0.5, 0.6) is 0 Å². The Morgan fingerprint density at radius 1 is 0.812 bits per heavy atom. The van der Waals surface area contributed by atoms with E-state index in [-0.39, 0.29) is 5.54 Å². The summed E-state index contributed by atoms with van der Waals surface area (Å²) >= 11 is 0. The minimum atomic E-state index is -0.176. The van der Waals surface area contributed by atoms with Crippen molar-refractivity contribution in [1.82, 2.24) is 19.5 Å². The van der Waals surface area contributed by atoms with Gasteiger partial charge in [-0.15, -0.1) is 0 Å². The molecule has 2 aromatic carbocycles. The van der Waals surface area contributed by atoms with Gasteiger partial charge in [-0.2, -0.15) is 0 Å². The van der Waals surface area contributed by atoms with Crippen molar-refractivity contribution in [3.8, 4) is 28.3 Å². The van der Waals surface area contributed by atoms with Crippen molar-refractivity contribution < 1.29 is 0 Å². The van der Waals surface area contributed by atoms with Gasteiger partial charge in [0.1, 0.15) is 11.3 Å². The van der Waals surface area contributed by atoms with Crippen molar-refractivity contribution in [2.75, 3.05) is 5.73 Å². The Morgan fingerprint density at radius 3 is 2.31 bits per heavy atom. The van der Waals surface area contributed by atoms with Crippen LogP contribution < -0.4 is 11.5 Å². The fourth-order valence-electron chi connectivity index (χ4n) is 4.12. The average Bonchev–Trinajstić information content (AvgIpc) is 3.48. The van der Waals surface area contributed by atoms with E-state index in [4.69, 9.17) is 21.4 Å². The van der Waals surface area contributed by atoms with Gasteiger partial charge >= 0.3 is 0 Å². The van der Waals surface area contributed by atoms with Crippen LogP contribution in [0.2, 0.25) is 0 Å². The zero-order valence-electron chi connectivity index (χ0n) is 17.4. The maximum atomic E-state index is 6.40. The molecule has 6 nitrogen and oxygen atoms in total. The van der Waals surface area contributed by atoms with Gasteiger partial charge in [0.2, 0.25) is 0 Å². The second kappa shape index (κ2) is 7.00. The fourth-order valence-corrected chi connectivity index (χ4v) is 4.12. The van der Waals surface area contributed by atoms with Crippen molar-refractivity contribution in [2.24, 2.45) is 5.73 Å². The molecule has 3 aromatic heterocycles. The minimum Gasteiger partial charge on any atom is -0.383 e. The summed E-state index contributed by atoms with van der Waals surface area (Å²) in [6.45, 7) is 0. The normalized spacial score (nSPS) is 14.5. The van der Waals surface area contributed by atoms with E-state index in [1.54, 1.807) is 6.20 Å². The molecule has 0 unspecified atom stereocenters. The summed E-state index contributed by atoms with van der Waals surface area (Å²) in [6, 6.07) is 26.3. The Morgan fingerprint density at radius 2 is 1.59 bits per heavy atom. The largest absolute Gasteiger partial charge is 0.383 e. The van der Waals surface area contributed by atoms with Crippen molar-refractivity contribution in [2.45, 2.75) is 18.4 Å². The number of nitrogens with two attached hydrogens (primary N) is 2. The number of benzene rings is 2. The Bertz CT molecular complexity index is 1430. The van der Waals surface area contributed by atoms with Crippen LogP contribution in [0.1, 0.15) is 18.4 Å². The molecule has 1 aliphatic rings. The van der Waals surface area contributed by atoms with E-state index in [1.807, 2.05) is 42.5 Å². The van der Waals surface area contributed by atoms with E-state index in [1.165, 1.54) is 0 Å². The summed E-state index contributed by atoms with van der Waals surface area (Å²) in [4.78, 5) is 14.2. The molecular formula is C26H22N6. The number of nitrogen functional groups attached to an aromatic ring is 1. The first-order chi connectivity index (χ1) is 15.6. The molecular weight excluding hydrogens is 396 g/mol. The van der Waals surface area contributed by atoms with Gasteiger partial charge in [-0.1, -0.05) is 42.5 Å². The molecule has 0 radical (unpaired) electrons. The smallest absolute Gasteiger partial charge is 0.165 e. The Kier molecular flexibility index (Phi) is 4.10. The molecule has 1 saturated carbocycles. The van der Waals surface area contributed by atoms with Crippen LogP contribution in [0.15, 0.2) is 85.1 Å². The van der Waals surface area contributed by atoms with Crippen LogP contribution in [0, 0.1) is 0 Å². The predicted molar refractivity (Wildman–Crippen MR) is 127 cm³/mol. The minimum absolute atomic E-state index is 0.176. The third kappa shape index (κ3) is 3.04. The molecule has 1 fully saturated rings. The first kappa shape index (κ1) is 18.7. The third-order valence-electron chi connectivity index (χ3n) is 6.14. The number of anilines is 1. The van der Waals surface area contributed by atoms with Gasteiger partial charge in [-0.3, -0.25) is 4.57 Å². The highest BCUT2D eigenvalue weighted by molar-refractivity contribution is 5.84. The van der Waals surface area contributed by atoms with E-state index in [2.05, 4.69) is 45.9 Å². The van der Waals surface area contributed by atoms with Crippen LogP contribution in [0.4, 0.5) is 5.82 Å². The highest BCUT2D eigenvalue weighted by atomic mass is 15.1. The van der Waals surface area contributed by atoms with Crippen molar-refractivity contribution in [1.29, 1.82) is 0 Å². The molecule has 1 aliphatic carbocycles.